The van der Waals surface area contributed by atoms with Gasteiger partial charge in [0.15, 0.2) is 0 Å². The maximum absolute atomic E-state index is 11.7. The van der Waals surface area contributed by atoms with Crippen LogP contribution in [0.15, 0.2) is 29.2 Å². The summed E-state index contributed by atoms with van der Waals surface area (Å²) in [5, 5.41) is 9.02. The summed E-state index contributed by atoms with van der Waals surface area (Å²) >= 11 is 0. The Morgan fingerprint density at radius 2 is 2.11 bits per heavy atom. The van der Waals surface area contributed by atoms with Gasteiger partial charge < -0.3 is 10.0 Å². The monoisotopic (exact) mass is 271 g/mol. The van der Waals surface area contributed by atoms with E-state index in [1.807, 2.05) is 0 Å². The summed E-state index contributed by atoms with van der Waals surface area (Å²) < 4.78 is 31.0. The summed E-state index contributed by atoms with van der Waals surface area (Å²) in [6.07, 6.45) is 0.243. The maximum Gasteiger partial charge on any atom is 0.294 e. The van der Waals surface area contributed by atoms with Gasteiger partial charge in [-0.1, -0.05) is 6.07 Å². The fourth-order valence-corrected chi connectivity index (χ4v) is 2.49. The molecular formula is C11H13NO5S. The van der Waals surface area contributed by atoms with Crippen LogP contribution in [0.1, 0.15) is 6.42 Å². The summed E-state index contributed by atoms with van der Waals surface area (Å²) in [6.45, 7) is 0.268. The van der Waals surface area contributed by atoms with Crippen molar-refractivity contribution in [3.05, 3.63) is 24.3 Å². The van der Waals surface area contributed by atoms with Crippen LogP contribution in [0.2, 0.25) is 0 Å². The van der Waals surface area contributed by atoms with Gasteiger partial charge in [0.05, 0.1) is 4.90 Å². The molecule has 1 heterocycles. The van der Waals surface area contributed by atoms with Crippen LogP contribution in [0.3, 0.4) is 0 Å². The third-order valence-corrected chi connectivity index (χ3v) is 3.74. The van der Waals surface area contributed by atoms with Crippen molar-refractivity contribution >= 4 is 21.7 Å². The van der Waals surface area contributed by atoms with E-state index in [0.29, 0.717) is 12.2 Å². The Kier molecular flexibility index (Phi) is 3.38. The second kappa shape index (κ2) is 4.68. The number of aliphatic hydroxyl groups excluding tert-OH is 1. The fourth-order valence-electron chi connectivity index (χ4n) is 1.97. The van der Waals surface area contributed by atoms with Crippen LogP contribution >= 0.6 is 0 Å². The number of amides is 1. The molecule has 1 atom stereocenters. The zero-order valence-electron chi connectivity index (χ0n) is 9.48. The molecule has 0 saturated carbocycles. The van der Waals surface area contributed by atoms with Crippen LogP contribution in [-0.4, -0.2) is 37.1 Å². The molecule has 1 aliphatic rings. The van der Waals surface area contributed by atoms with Crippen LogP contribution in [0.25, 0.3) is 0 Å². The second-order valence-electron chi connectivity index (χ2n) is 4.23. The van der Waals surface area contributed by atoms with E-state index in [-0.39, 0.29) is 29.7 Å². The van der Waals surface area contributed by atoms with Crippen LogP contribution in [0.4, 0.5) is 5.69 Å². The van der Waals surface area contributed by atoms with Gasteiger partial charge in [-0.25, -0.2) is 0 Å². The molecular weight excluding hydrogens is 258 g/mol. The van der Waals surface area contributed by atoms with E-state index in [9.17, 15) is 13.2 Å². The number of benzene rings is 1. The smallest absolute Gasteiger partial charge is 0.294 e. The molecule has 0 bridgehead atoms. The van der Waals surface area contributed by atoms with E-state index < -0.39 is 10.1 Å². The number of hydrogen-bond acceptors (Lipinski definition) is 4. The lowest BCUT2D eigenvalue weighted by Gasteiger charge is -2.16. The SMILES string of the molecule is O=C1CC(CO)CN1c1cccc(S(=O)(=O)O)c1. The molecule has 2 N–H and O–H groups in total. The first-order chi connectivity index (χ1) is 8.41. The van der Waals surface area contributed by atoms with Crippen molar-refractivity contribution in [2.24, 2.45) is 5.92 Å². The maximum atomic E-state index is 11.7. The Morgan fingerprint density at radius 3 is 2.67 bits per heavy atom. The number of aliphatic hydroxyl groups is 1. The molecule has 0 radical (unpaired) electrons. The third kappa shape index (κ3) is 2.53. The van der Waals surface area contributed by atoms with Gasteiger partial charge in [0.1, 0.15) is 0 Å². The average Bonchev–Trinajstić information content (AvgIpc) is 2.70. The van der Waals surface area contributed by atoms with Crippen molar-refractivity contribution in [1.82, 2.24) is 0 Å². The Bertz CT molecular complexity index is 569. The molecule has 18 heavy (non-hydrogen) atoms. The molecule has 6 nitrogen and oxygen atoms in total. The standard InChI is InChI=1S/C11H13NO5S/c13-7-8-4-11(14)12(6-8)9-2-1-3-10(5-9)18(15,16)17/h1-3,5,8,13H,4,6-7H2,(H,15,16,17). The summed E-state index contributed by atoms with van der Waals surface area (Å²) in [5.74, 6) is -0.298. The highest BCUT2D eigenvalue weighted by Crippen LogP contribution is 2.26. The minimum atomic E-state index is -4.28. The van der Waals surface area contributed by atoms with E-state index in [4.69, 9.17) is 9.66 Å². The van der Waals surface area contributed by atoms with Gasteiger partial charge >= 0.3 is 0 Å². The molecule has 0 aromatic heterocycles. The van der Waals surface area contributed by atoms with Crippen molar-refractivity contribution < 1.29 is 22.9 Å². The molecule has 7 heteroatoms. The van der Waals surface area contributed by atoms with Gasteiger partial charge in [-0.3, -0.25) is 9.35 Å². The van der Waals surface area contributed by atoms with Gasteiger partial charge in [-0.05, 0) is 18.2 Å². The molecule has 1 aromatic rings. The third-order valence-electron chi connectivity index (χ3n) is 2.89. The van der Waals surface area contributed by atoms with Gasteiger partial charge in [0.2, 0.25) is 5.91 Å². The van der Waals surface area contributed by atoms with E-state index in [2.05, 4.69) is 0 Å². The van der Waals surface area contributed by atoms with Gasteiger partial charge in [0, 0.05) is 31.2 Å². The Hall–Kier alpha value is -1.44. The highest BCUT2D eigenvalue weighted by molar-refractivity contribution is 7.85. The summed E-state index contributed by atoms with van der Waals surface area (Å²) in [5.41, 5.74) is 0.408. The molecule has 1 fully saturated rings. The number of hydrogen-bond donors (Lipinski definition) is 2. The van der Waals surface area contributed by atoms with Crippen molar-refractivity contribution in [3.8, 4) is 0 Å². The number of nitrogens with zero attached hydrogens (tertiary/aromatic N) is 1. The number of rotatable bonds is 3. The zero-order chi connectivity index (χ0) is 13.3. The lowest BCUT2D eigenvalue weighted by atomic mass is 10.1. The Labute approximate surface area is 105 Å². The fraction of sp³-hybridized carbons (Fsp3) is 0.364. The first-order valence-corrected chi connectivity index (χ1v) is 6.84. The minimum absolute atomic E-state index is 0.0831. The average molecular weight is 271 g/mol. The first kappa shape index (κ1) is 13.0. The molecule has 0 spiro atoms. The Morgan fingerprint density at radius 1 is 1.39 bits per heavy atom. The molecule has 1 aromatic carbocycles. The van der Waals surface area contributed by atoms with Gasteiger partial charge in [-0.15, -0.1) is 0 Å². The van der Waals surface area contributed by atoms with Crippen LogP contribution < -0.4 is 4.90 Å². The van der Waals surface area contributed by atoms with E-state index in [1.165, 1.54) is 23.1 Å². The second-order valence-corrected chi connectivity index (χ2v) is 5.65. The molecule has 98 valence electrons. The van der Waals surface area contributed by atoms with Gasteiger partial charge in [-0.2, -0.15) is 8.42 Å². The molecule has 1 amide bonds. The van der Waals surface area contributed by atoms with Crippen molar-refractivity contribution in [2.45, 2.75) is 11.3 Å². The van der Waals surface area contributed by atoms with E-state index in [1.54, 1.807) is 6.07 Å². The van der Waals surface area contributed by atoms with E-state index >= 15 is 0 Å². The highest BCUT2D eigenvalue weighted by Gasteiger charge is 2.30. The van der Waals surface area contributed by atoms with E-state index in [0.717, 1.165) is 0 Å². The molecule has 0 aliphatic carbocycles. The largest absolute Gasteiger partial charge is 0.396 e. The topological polar surface area (TPSA) is 94.9 Å². The first-order valence-electron chi connectivity index (χ1n) is 5.40. The quantitative estimate of drug-likeness (QED) is 0.770. The van der Waals surface area contributed by atoms with Crippen LogP contribution in [0, 0.1) is 5.92 Å². The normalized spacial score (nSPS) is 20.4. The molecule has 1 saturated heterocycles. The van der Waals surface area contributed by atoms with Crippen molar-refractivity contribution in [1.29, 1.82) is 0 Å². The molecule has 1 aliphatic heterocycles. The molecule has 2 rings (SSSR count). The number of carbonyl (C=O) groups excluding carboxylic acids is 1. The highest BCUT2D eigenvalue weighted by atomic mass is 32.2. The summed E-state index contributed by atoms with van der Waals surface area (Å²) in [6, 6.07) is 5.54. The van der Waals surface area contributed by atoms with Gasteiger partial charge in [0.25, 0.3) is 10.1 Å². The van der Waals surface area contributed by atoms with Crippen molar-refractivity contribution in [2.75, 3.05) is 18.1 Å². The molecule has 1 unspecified atom stereocenters. The number of anilines is 1. The van der Waals surface area contributed by atoms with Crippen molar-refractivity contribution in [3.63, 3.8) is 0 Å². The predicted molar refractivity (Wildman–Crippen MR) is 63.8 cm³/mol. The zero-order valence-corrected chi connectivity index (χ0v) is 10.3. The number of carbonyl (C=O) groups is 1. The minimum Gasteiger partial charge on any atom is -0.396 e. The summed E-state index contributed by atoms with van der Waals surface area (Å²) in [4.78, 5) is 12.9. The lowest BCUT2D eigenvalue weighted by molar-refractivity contribution is -0.117. The predicted octanol–water partition coefficient (Wildman–Crippen LogP) is 0.278. The van der Waals surface area contributed by atoms with Crippen LogP contribution in [0.5, 0.6) is 0 Å². The van der Waals surface area contributed by atoms with Crippen LogP contribution in [-0.2, 0) is 14.9 Å². The lowest BCUT2D eigenvalue weighted by Crippen LogP contribution is -2.25. The summed E-state index contributed by atoms with van der Waals surface area (Å²) in [7, 11) is -4.28. The Balaban J connectivity index is 2.32.